The standard InChI is InChI=1S/C32H26O4/c1-21-13-15-22(16-14-21)28-20-29(32(33)36-23-9-5-4-6-10-23)31(26-12-8-7-11-25(26)28)27-18-17-24(34-2)19-30(27)35-3/h4-20H,1-3H3. The van der Waals surface area contributed by atoms with Crippen LogP contribution < -0.4 is 14.2 Å². The third-order valence-corrected chi connectivity index (χ3v) is 6.26. The smallest absolute Gasteiger partial charge is 0.344 e. The van der Waals surface area contributed by atoms with Crippen molar-refractivity contribution in [2.45, 2.75) is 6.92 Å². The van der Waals surface area contributed by atoms with Crippen molar-refractivity contribution in [1.82, 2.24) is 0 Å². The Hall–Kier alpha value is -4.57. The predicted molar refractivity (Wildman–Crippen MR) is 144 cm³/mol. The van der Waals surface area contributed by atoms with Crippen LogP contribution in [0.4, 0.5) is 0 Å². The summed E-state index contributed by atoms with van der Waals surface area (Å²) >= 11 is 0. The Morgan fingerprint density at radius 1 is 0.639 bits per heavy atom. The summed E-state index contributed by atoms with van der Waals surface area (Å²) in [6.07, 6.45) is 0. The number of para-hydroxylation sites is 1. The predicted octanol–water partition coefficient (Wildman–Crippen LogP) is 7.72. The van der Waals surface area contributed by atoms with Gasteiger partial charge in [0.2, 0.25) is 0 Å². The van der Waals surface area contributed by atoms with Crippen molar-refractivity contribution in [2.24, 2.45) is 0 Å². The highest BCUT2D eigenvalue weighted by Gasteiger charge is 2.23. The fourth-order valence-corrected chi connectivity index (χ4v) is 4.45. The quantitative estimate of drug-likeness (QED) is 0.187. The summed E-state index contributed by atoms with van der Waals surface area (Å²) in [5.41, 5.74) is 5.15. The van der Waals surface area contributed by atoms with Crippen LogP contribution in [-0.2, 0) is 0 Å². The van der Waals surface area contributed by atoms with Gasteiger partial charge in [0, 0.05) is 17.2 Å². The summed E-state index contributed by atoms with van der Waals surface area (Å²) in [7, 11) is 3.23. The Kier molecular flexibility index (Phi) is 6.42. The molecular weight excluding hydrogens is 448 g/mol. The van der Waals surface area contributed by atoms with E-state index in [1.54, 1.807) is 26.4 Å². The number of fused-ring (bicyclic) bond motifs is 1. The van der Waals surface area contributed by atoms with Crippen LogP contribution in [0, 0.1) is 6.92 Å². The number of ether oxygens (including phenoxy) is 3. The minimum absolute atomic E-state index is 0.437. The summed E-state index contributed by atoms with van der Waals surface area (Å²) < 4.78 is 17.0. The molecule has 0 saturated heterocycles. The average Bonchev–Trinajstić information content (AvgIpc) is 2.93. The van der Waals surface area contributed by atoms with Gasteiger partial charge in [-0.2, -0.15) is 0 Å². The van der Waals surface area contributed by atoms with Crippen molar-refractivity contribution in [3.05, 3.63) is 114 Å². The van der Waals surface area contributed by atoms with E-state index in [0.717, 1.165) is 33.0 Å². The van der Waals surface area contributed by atoms with Crippen molar-refractivity contribution in [1.29, 1.82) is 0 Å². The van der Waals surface area contributed by atoms with Gasteiger partial charge in [0.05, 0.1) is 19.8 Å². The van der Waals surface area contributed by atoms with Gasteiger partial charge in [-0.15, -0.1) is 0 Å². The normalized spacial score (nSPS) is 10.8. The third-order valence-electron chi connectivity index (χ3n) is 6.26. The molecule has 0 unspecified atom stereocenters. The molecule has 0 fully saturated rings. The van der Waals surface area contributed by atoms with Gasteiger partial charge in [-0.3, -0.25) is 0 Å². The lowest BCUT2D eigenvalue weighted by molar-refractivity contribution is 0.0736. The van der Waals surface area contributed by atoms with E-state index in [1.165, 1.54) is 5.56 Å². The SMILES string of the molecule is COc1ccc(-c2c(C(=O)Oc3ccccc3)cc(-c3ccc(C)cc3)c3ccccc23)c(OC)c1. The number of rotatable bonds is 6. The van der Waals surface area contributed by atoms with Crippen LogP contribution in [0.5, 0.6) is 17.2 Å². The minimum Gasteiger partial charge on any atom is -0.497 e. The van der Waals surface area contributed by atoms with E-state index in [4.69, 9.17) is 14.2 Å². The molecule has 4 nitrogen and oxygen atoms in total. The van der Waals surface area contributed by atoms with Gasteiger partial charge in [-0.1, -0.05) is 72.3 Å². The zero-order valence-corrected chi connectivity index (χ0v) is 20.4. The van der Waals surface area contributed by atoms with Gasteiger partial charge < -0.3 is 14.2 Å². The molecule has 0 bridgehead atoms. The average molecular weight is 475 g/mol. The fraction of sp³-hybridized carbons (Fsp3) is 0.0938. The molecule has 5 aromatic carbocycles. The summed E-state index contributed by atoms with van der Waals surface area (Å²) in [6, 6.07) is 33.1. The highest BCUT2D eigenvalue weighted by molar-refractivity contribution is 6.14. The zero-order valence-electron chi connectivity index (χ0n) is 20.4. The van der Waals surface area contributed by atoms with Crippen LogP contribution in [0.2, 0.25) is 0 Å². The van der Waals surface area contributed by atoms with Crippen LogP contribution in [-0.4, -0.2) is 20.2 Å². The Bertz CT molecular complexity index is 1540. The molecule has 178 valence electrons. The Labute approximate surface area is 210 Å². The Balaban J connectivity index is 1.81. The molecule has 4 heteroatoms. The number of carbonyl (C=O) groups is 1. The van der Waals surface area contributed by atoms with E-state index in [1.807, 2.05) is 60.7 Å². The van der Waals surface area contributed by atoms with Gasteiger partial charge in [0.1, 0.15) is 17.2 Å². The first kappa shape index (κ1) is 23.2. The minimum atomic E-state index is -0.437. The monoisotopic (exact) mass is 474 g/mol. The van der Waals surface area contributed by atoms with Gasteiger partial charge in [-0.25, -0.2) is 4.79 Å². The zero-order chi connectivity index (χ0) is 25.1. The van der Waals surface area contributed by atoms with Gasteiger partial charge in [-0.05, 0) is 59.2 Å². The van der Waals surface area contributed by atoms with E-state index in [2.05, 4.69) is 37.3 Å². The van der Waals surface area contributed by atoms with Crippen LogP contribution in [0.15, 0.2) is 103 Å². The third kappa shape index (κ3) is 4.41. The second-order valence-corrected chi connectivity index (χ2v) is 8.53. The first-order chi connectivity index (χ1) is 17.6. The highest BCUT2D eigenvalue weighted by Crippen LogP contribution is 2.43. The van der Waals surface area contributed by atoms with Crippen LogP contribution in [0.3, 0.4) is 0 Å². The molecule has 0 radical (unpaired) electrons. The lowest BCUT2D eigenvalue weighted by atomic mass is 9.87. The number of hydrogen-bond donors (Lipinski definition) is 0. The molecule has 0 N–H and O–H groups in total. The second-order valence-electron chi connectivity index (χ2n) is 8.53. The number of aryl methyl sites for hydroxylation is 1. The molecule has 0 atom stereocenters. The van der Waals surface area contributed by atoms with Crippen molar-refractivity contribution in [2.75, 3.05) is 14.2 Å². The molecule has 0 aliphatic rings. The molecule has 36 heavy (non-hydrogen) atoms. The lowest BCUT2D eigenvalue weighted by Gasteiger charge is -2.19. The molecule has 5 rings (SSSR count). The van der Waals surface area contributed by atoms with Gasteiger partial charge in [0.15, 0.2) is 0 Å². The number of benzene rings is 5. The number of esters is 1. The summed E-state index contributed by atoms with van der Waals surface area (Å²) in [5.74, 6) is 1.33. The van der Waals surface area contributed by atoms with Crippen LogP contribution >= 0.6 is 0 Å². The van der Waals surface area contributed by atoms with E-state index in [9.17, 15) is 4.79 Å². The number of carbonyl (C=O) groups excluding carboxylic acids is 1. The van der Waals surface area contributed by atoms with E-state index in [-0.39, 0.29) is 0 Å². The molecule has 0 aliphatic carbocycles. The number of methoxy groups -OCH3 is 2. The lowest BCUT2D eigenvalue weighted by Crippen LogP contribution is -2.11. The molecule has 0 aliphatic heterocycles. The summed E-state index contributed by atoms with van der Waals surface area (Å²) in [4.78, 5) is 13.7. The Morgan fingerprint density at radius 3 is 2.03 bits per heavy atom. The van der Waals surface area contributed by atoms with E-state index >= 15 is 0 Å². The van der Waals surface area contributed by atoms with Crippen LogP contribution in [0.1, 0.15) is 15.9 Å². The van der Waals surface area contributed by atoms with E-state index < -0.39 is 5.97 Å². The molecular formula is C32H26O4. The largest absolute Gasteiger partial charge is 0.497 e. The molecule has 0 heterocycles. The molecule has 0 aromatic heterocycles. The molecule has 5 aromatic rings. The summed E-state index contributed by atoms with van der Waals surface area (Å²) in [6.45, 7) is 2.06. The first-order valence-corrected chi connectivity index (χ1v) is 11.7. The molecule has 0 spiro atoms. The highest BCUT2D eigenvalue weighted by atomic mass is 16.5. The second kappa shape index (κ2) is 9.96. The van der Waals surface area contributed by atoms with Crippen molar-refractivity contribution in [3.8, 4) is 39.5 Å². The maximum absolute atomic E-state index is 13.7. The van der Waals surface area contributed by atoms with Crippen molar-refractivity contribution < 1.29 is 19.0 Å². The topological polar surface area (TPSA) is 44.8 Å². The van der Waals surface area contributed by atoms with Crippen molar-refractivity contribution in [3.63, 3.8) is 0 Å². The first-order valence-electron chi connectivity index (χ1n) is 11.7. The molecule has 0 amide bonds. The van der Waals surface area contributed by atoms with Crippen LogP contribution in [0.25, 0.3) is 33.0 Å². The summed E-state index contributed by atoms with van der Waals surface area (Å²) in [5, 5.41) is 1.96. The number of hydrogen-bond acceptors (Lipinski definition) is 4. The van der Waals surface area contributed by atoms with Crippen molar-refractivity contribution >= 4 is 16.7 Å². The van der Waals surface area contributed by atoms with Gasteiger partial charge >= 0.3 is 5.97 Å². The Morgan fingerprint density at radius 2 is 1.33 bits per heavy atom. The maximum atomic E-state index is 13.7. The van der Waals surface area contributed by atoms with Gasteiger partial charge in [0.25, 0.3) is 0 Å². The molecule has 0 saturated carbocycles. The van der Waals surface area contributed by atoms with E-state index in [0.29, 0.717) is 22.8 Å². The fourth-order valence-electron chi connectivity index (χ4n) is 4.45. The maximum Gasteiger partial charge on any atom is 0.344 e.